The van der Waals surface area contributed by atoms with Crippen LogP contribution in [0, 0.1) is 0 Å². The van der Waals surface area contributed by atoms with Gasteiger partial charge in [-0.25, -0.2) is 0 Å². The number of hydrogen-bond acceptors (Lipinski definition) is 11. The zero-order chi connectivity index (χ0) is 27.7. The van der Waals surface area contributed by atoms with E-state index in [1.54, 1.807) is 6.92 Å². The Morgan fingerprint density at radius 3 is 2.45 bits per heavy atom. The summed E-state index contributed by atoms with van der Waals surface area (Å²) in [6, 6.07) is 3.75. The predicted molar refractivity (Wildman–Crippen MR) is 130 cm³/mol. The Kier molecular flexibility index (Phi) is 6.32. The third-order valence-corrected chi connectivity index (χ3v) is 7.80. The highest BCUT2D eigenvalue weighted by Gasteiger charge is 2.49. The molecule has 3 aliphatic rings. The Bertz CT molecular complexity index is 1360. The Balaban J connectivity index is 1.68. The Labute approximate surface area is 217 Å². The van der Waals surface area contributed by atoms with Gasteiger partial charge in [0.15, 0.2) is 17.9 Å². The number of phenolic OH excluding ortho intramolecular Hbond substituents is 2. The highest BCUT2D eigenvalue weighted by atomic mass is 16.7. The van der Waals surface area contributed by atoms with E-state index in [1.165, 1.54) is 32.2 Å². The summed E-state index contributed by atoms with van der Waals surface area (Å²) in [5.41, 5.74) is 2.97. The summed E-state index contributed by atoms with van der Waals surface area (Å²) in [7, 11) is 1.34. The van der Waals surface area contributed by atoms with E-state index >= 15 is 0 Å². The van der Waals surface area contributed by atoms with Gasteiger partial charge in [0.05, 0.1) is 42.1 Å². The first-order valence-corrected chi connectivity index (χ1v) is 12.2. The molecule has 0 amide bonds. The van der Waals surface area contributed by atoms with Crippen molar-refractivity contribution in [3.05, 3.63) is 51.6 Å². The van der Waals surface area contributed by atoms with Gasteiger partial charge in [0.25, 0.3) is 0 Å². The molecule has 2 aromatic rings. The maximum atomic E-state index is 13.6. The van der Waals surface area contributed by atoms with Crippen LogP contribution in [0.25, 0.3) is 0 Å². The van der Waals surface area contributed by atoms with Crippen LogP contribution in [0.3, 0.4) is 0 Å². The highest BCUT2D eigenvalue weighted by molar-refractivity contribution is 6.31. The molecule has 38 heavy (non-hydrogen) atoms. The number of ketones is 3. The number of ether oxygens (including phenoxy) is 3. The molecule has 6 N–H and O–H groups in total. The standard InChI is InChI=1S/C27H29NO10/c1-10-22(30)14(28)7-17(37-10)38-16-9-27(35,11(2)29)8-13-19(16)26(34)21-20(24(13)32)23(31)12-5-4-6-15(36-3)18(12)25(21)33/h4-6,10,14,16-17,22,30,32,34-35H,7-9,28H2,1-3H3/t10?,14-,16-,17-,22-,27-/m0/s1. The minimum Gasteiger partial charge on any atom is -0.507 e. The molecular formula is C27H29NO10. The number of Topliss-reactive ketones (excluding diaryl/α,β-unsaturated/α-hetero) is 1. The van der Waals surface area contributed by atoms with Gasteiger partial charge in [0, 0.05) is 42.0 Å². The van der Waals surface area contributed by atoms with E-state index in [-0.39, 0.29) is 40.8 Å². The molecule has 2 aromatic carbocycles. The van der Waals surface area contributed by atoms with Crippen molar-refractivity contribution in [3.63, 3.8) is 0 Å². The zero-order valence-corrected chi connectivity index (χ0v) is 21.1. The second kappa shape index (κ2) is 9.14. The Hall–Kier alpha value is -3.35. The van der Waals surface area contributed by atoms with Crippen LogP contribution < -0.4 is 10.5 Å². The van der Waals surface area contributed by atoms with Crippen LogP contribution in [0.1, 0.15) is 75.8 Å². The third-order valence-electron chi connectivity index (χ3n) is 7.80. The van der Waals surface area contributed by atoms with Gasteiger partial charge in [0.2, 0.25) is 5.78 Å². The molecule has 11 heteroatoms. The van der Waals surface area contributed by atoms with Crippen LogP contribution in [0.5, 0.6) is 17.2 Å². The number of methoxy groups -OCH3 is 1. The van der Waals surface area contributed by atoms with Gasteiger partial charge in [-0.3, -0.25) is 14.4 Å². The van der Waals surface area contributed by atoms with Crippen LogP contribution >= 0.6 is 0 Å². The molecule has 0 aromatic heterocycles. The first-order valence-electron chi connectivity index (χ1n) is 12.2. The SMILES string of the molecule is COc1cccc2c1C(=O)c1c(O)c3c(c(O)c1C2=O)C[C@@](O)(C(C)=O)C[C@@H]3O[C@H]1C[C@H](N)[C@@H](O)C(C)O1. The number of fused-ring (bicyclic) bond motifs is 3. The molecule has 1 saturated heterocycles. The predicted octanol–water partition coefficient (Wildman–Crippen LogP) is 1.03. The van der Waals surface area contributed by atoms with E-state index in [0.29, 0.717) is 0 Å². The van der Waals surface area contributed by atoms with Gasteiger partial charge in [0.1, 0.15) is 22.8 Å². The second-order valence-corrected chi connectivity index (χ2v) is 10.1. The van der Waals surface area contributed by atoms with Gasteiger partial charge in [-0.1, -0.05) is 12.1 Å². The molecule has 6 atom stereocenters. The van der Waals surface area contributed by atoms with Crippen LogP contribution in [0.2, 0.25) is 0 Å². The topological polar surface area (TPSA) is 186 Å². The van der Waals surface area contributed by atoms with E-state index in [2.05, 4.69) is 0 Å². The summed E-state index contributed by atoms with van der Waals surface area (Å²) in [6.45, 7) is 2.79. The van der Waals surface area contributed by atoms with Crippen molar-refractivity contribution in [2.75, 3.05) is 7.11 Å². The average molecular weight is 528 g/mol. The van der Waals surface area contributed by atoms with Crippen molar-refractivity contribution >= 4 is 17.3 Å². The van der Waals surface area contributed by atoms with E-state index < -0.39 is 82.6 Å². The number of hydrogen-bond donors (Lipinski definition) is 5. The van der Waals surface area contributed by atoms with Gasteiger partial charge in [-0.2, -0.15) is 0 Å². The first kappa shape index (κ1) is 26.3. The van der Waals surface area contributed by atoms with Gasteiger partial charge < -0.3 is 40.4 Å². The number of nitrogens with two attached hydrogens (primary N) is 1. The van der Waals surface area contributed by atoms with Gasteiger partial charge in [-0.05, 0) is 19.9 Å². The summed E-state index contributed by atoms with van der Waals surface area (Å²) >= 11 is 0. The van der Waals surface area contributed by atoms with E-state index in [0.717, 1.165) is 0 Å². The lowest BCUT2D eigenvalue weighted by Gasteiger charge is -2.42. The van der Waals surface area contributed by atoms with Crippen molar-refractivity contribution in [2.45, 2.75) is 69.4 Å². The Morgan fingerprint density at radius 2 is 1.82 bits per heavy atom. The maximum absolute atomic E-state index is 13.6. The van der Waals surface area contributed by atoms with Crippen molar-refractivity contribution in [1.82, 2.24) is 0 Å². The number of aromatic hydroxyl groups is 2. The molecule has 5 rings (SSSR count). The maximum Gasteiger partial charge on any atom is 0.202 e. The number of aliphatic hydroxyl groups is 2. The zero-order valence-electron chi connectivity index (χ0n) is 21.1. The summed E-state index contributed by atoms with van der Waals surface area (Å²) in [4.78, 5) is 39.6. The van der Waals surface area contributed by atoms with Crippen molar-refractivity contribution < 1.29 is 49.0 Å². The quantitative estimate of drug-likeness (QED) is 0.305. The normalized spacial score (nSPS) is 30.3. The van der Waals surface area contributed by atoms with Crippen molar-refractivity contribution in [1.29, 1.82) is 0 Å². The molecule has 11 nitrogen and oxygen atoms in total. The first-order chi connectivity index (χ1) is 17.9. The fourth-order valence-electron chi connectivity index (χ4n) is 5.66. The molecule has 0 spiro atoms. The summed E-state index contributed by atoms with van der Waals surface area (Å²) in [5, 5.41) is 44.1. The molecular weight excluding hydrogens is 498 g/mol. The van der Waals surface area contributed by atoms with Crippen LogP contribution in [-0.2, 0) is 20.7 Å². The highest BCUT2D eigenvalue weighted by Crippen LogP contribution is 2.52. The number of rotatable bonds is 4. The second-order valence-electron chi connectivity index (χ2n) is 10.1. The van der Waals surface area contributed by atoms with Crippen molar-refractivity contribution in [2.24, 2.45) is 5.73 Å². The molecule has 1 heterocycles. The lowest BCUT2D eigenvalue weighted by atomic mass is 9.72. The largest absolute Gasteiger partial charge is 0.507 e. The van der Waals surface area contributed by atoms with Crippen LogP contribution in [0.4, 0.5) is 0 Å². The average Bonchev–Trinajstić information content (AvgIpc) is 2.87. The Morgan fingerprint density at radius 1 is 1.13 bits per heavy atom. The molecule has 1 unspecified atom stereocenters. The fraction of sp³-hybridized carbons (Fsp3) is 0.444. The minimum atomic E-state index is -2.00. The number of carbonyl (C=O) groups is 3. The lowest BCUT2D eigenvalue weighted by molar-refractivity contribution is -0.247. The lowest BCUT2D eigenvalue weighted by Crippen LogP contribution is -2.52. The number of phenols is 2. The molecule has 1 aliphatic heterocycles. The summed E-state index contributed by atoms with van der Waals surface area (Å²) in [6.07, 6.45) is -4.53. The number of aliphatic hydroxyl groups excluding tert-OH is 1. The van der Waals surface area contributed by atoms with Gasteiger partial charge >= 0.3 is 0 Å². The van der Waals surface area contributed by atoms with Crippen molar-refractivity contribution in [3.8, 4) is 17.2 Å². The molecule has 0 saturated carbocycles. The number of carbonyl (C=O) groups excluding carboxylic acids is 3. The summed E-state index contributed by atoms with van der Waals surface area (Å²) < 4.78 is 17.1. The molecule has 1 fully saturated rings. The smallest absolute Gasteiger partial charge is 0.202 e. The van der Waals surface area contributed by atoms with Gasteiger partial charge in [-0.15, -0.1) is 0 Å². The molecule has 0 radical (unpaired) electrons. The number of benzene rings is 2. The third kappa shape index (κ3) is 3.81. The van der Waals surface area contributed by atoms with E-state index in [4.69, 9.17) is 19.9 Å². The fourth-order valence-corrected chi connectivity index (χ4v) is 5.66. The molecule has 2 aliphatic carbocycles. The molecule has 202 valence electrons. The minimum absolute atomic E-state index is 0.0147. The molecule has 0 bridgehead atoms. The van der Waals surface area contributed by atoms with Crippen LogP contribution in [-0.4, -0.2) is 75.0 Å². The van der Waals surface area contributed by atoms with E-state index in [1.807, 2.05) is 0 Å². The summed E-state index contributed by atoms with van der Waals surface area (Å²) in [5.74, 6) is -3.18. The van der Waals surface area contributed by atoms with E-state index in [9.17, 15) is 34.8 Å². The monoisotopic (exact) mass is 527 g/mol. The van der Waals surface area contributed by atoms with Crippen LogP contribution in [0.15, 0.2) is 18.2 Å².